The van der Waals surface area contributed by atoms with E-state index in [0.29, 0.717) is 11.1 Å². The first-order valence-corrected chi connectivity index (χ1v) is 4.24. The molecule has 0 amide bonds. The van der Waals surface area contributed by atoms with Gasteiger partial charge in [0.15, 0.2) is 0 Å². The van der Waals surface area contributed by atoms with E-state index in [4.69, 9.17) is 4.84 Å². The van der Waals surface area contributed by atoms with Crippen molar-refractivity contribution >= 4 is 0 Å². The number of hydrogen-bond donors (Lipinski definition) is 0. The van der Waals surface area contributed by atoms with Crippen LogP contribution in [0.1, 0.15) is 19.8 Å². The molecule has 0 atom stereocenters. The van der Waals surface area contributed by atoms with Gasteiger partial charge in [0.25, 0.3) is 0 Å². The Morgan fingerprint density at radius 1 is 1.50 bits per heavy atom. The molecule has 0 spiro atoms. The smallest absolute Gasteiger partial charge is 0.106 e. The first kappa shape index (κ1) is 11.8. The van der Waals surface area contributed by atoms with E-state index in [1.165, 1.54) is 6.61 Å². The summed E-state index contributed by atoms with van der Waals surface area (Å²) >= 11 is 0. The zero-order valence-electron chi connectivity index (χ0n) is 8.12. The molecule has 0 radical (unpaired) electrons. The second kappa shape index (κ2) is 6.37. The summed E-state index contributed by atoms with van der Waals surface area (Å²) in [5.41, 5.74) is 0. The summed E-state index contributed by atoms with van der Waals surface area (Å²) in [6.45, 7) is 4.97. The standard InChI is InChI=1S/C8H19NO3/c1-4-7-11-9(2,3)6-5-8-12-10/h8,12H,4-7H2,1-3H3. The lowest BCUT2D eigenvalue weighted by Gasteiger charge is -2.28. The predicted molar refractivity (Wildman–Crippen MR) is 44.8 cm³/mol. The van der Waals surface area contributed by atoms with Gasteiger partial charge < -0.3 is 10.1 Å². The molecule has 0 aliphatic heterocycles. The molecule has 1 N–H and O–H groups in total. The van der Waals surface area contributed by atoms with Gasteiger partial charge in [0.1, 0.15) is 6.61 Å². The Balaban J connectivity index is 3.42. The molecule has 12 heavy (non-hydrogen) atoms. The fourth-order valence-electron chi connectivity index (χ4n) is 0.824. The molecule has 0 fully saturated rings. The van der Waals surface area contributed by atoms with Crippen LogP contribution in [0.2, 0.25) is 0 Å². The highest BCUT2D eigenvalue weighted by molar-refractivity contribution is 4.43. The summed E-state index contributed by atoms with van der Waals surface area (Å²) in [5, 5.41) is 9.75. The zero-order valence-corrected chi connectivity index (χ0v) is 8.12. The van der Waals surface area contributed by atoms with E-state index in [1.54, 1.807) is 0 Å². The molecule has 0 rings (SSSR count). The highest BCUT2D eigenvalue weighted by atomic mass is 17.1. The van der Waals surface area contributed by atoms with Gasteiger partial charge in [-0.2, -0.15) is 4.65 Å². The number of rotatable bonds is 7. The van der Waals surface area contributed by atoms with Crippen LogP contribution in [0.5, 0.6) is 0 Å². The molecule has 4 nitrogen and oxygen atoms in total. The van der Waals surface area contributed by atoms with Gasteiger partial charge in [-0.25, -0.2) is 4.84 Å². The quantitative estimate of drug-likeness (QED) is 0.140. The highest BCUT2D eigenvalue weighted by Gasteiger charge is 2.13. The summed E-state index contributed by atoms with van der Waals surface area (Å²) in [6, 6.07) is 0. The van der Waals surface area contributed by atoms with Gasteiger partial charge >= 0.3 is 0 Å². The van der Waals surface area contributed by atoms with Crippen molar-refractivity contribution in [2.75, 3.05) is 27.2 Å². The van der Waals surface area contributed by atoms with Gasteiger partial charge in [0, 0.05) is 0 Å². The molecule has 0 aromatic heterocycles. The molecule has 0 heterocycles. The van der Waals surface area contributed by atoms with Gasteiger partial charge in [-0.15, -0.1) is 0 Å². The third-order valence-corrected chi connectivity index (χ3v) is 1.52. The molecule has 4 heteroatoms. The van der Waals surface area contributed by atoms with Crippen molar-refractivity contribution in [3.05, 3.63) is 6.61 Å². The average molecular weight is 177 g/mol. The topological polar surface area (TPSA) is 45.1 Å². The van der Waals surface area contributed by atoms with Crippen LogP contribution in [0.4, 0.5) is 0 Å². The summed E-state index contributed by atoms with van der Waals surface area (Å²) in [5.74, 6) is 0. The number of nitrogens with zero attached hydrogens (tertiary/aromatic N) is 1. The molecule has 0 aliphatic rings. The molecular formula is C8H19NO3. The molecule has 0 bridgehead atoms. The Kier molecular flexibility index (Phi) is 6.28. The van der Waals surface area contributed by atoms with Crippen molar-refractivity contribution in [2.24, 2.45) is 0 Å². The van der Waals surface area contributed by atoms with E-state index >= 15 is 0 Å². The third kappa shape index (κ3) is 6.54. The fourth-order valence-corrected chi connectivity index (χ4v) is 0.824. The Morgan fingerprint density at radius 3 is 2.67 bits per heavy atom. The third-order valence-electron chi connectivity index (χ3n) is 1.52. The maximum Gasteiger partial charge on any atom is 0.106 e. The molecule has 0 saturated heterocycles. The predicted octanol–water partition coefficient (Wildman–Crippen LogP) is 0.325. The van der Waals surface area contributed by atoms with Crippen LogP contribution >= 0.6 is 0 Å². The van der Waals surface area contributed by atoms with Gasteiger partial charge in [0.2, 0.25) is 0 Å². The number of hydroxylamine groups is 3. The summed E-state index contributed by atoms with van der Waals surface area (Å²) in [4.78, 5) is 8.18. The summed E-state index contributed by atoms with van der Waals surface area (Å²) in [6.07, 6.45) is 1.68. The van der Waals surface area contributed by atoms with Gasteiger partial charge in [-0.1, -0.05) is 13.3 Å². The first-order valence-electron chi connectivity index (χ1n) is 4.24. The first-order chi connectivity index (χ1) is 5.62. The molecular weight excluding hydrogens is 158 g/mol. The van der Waals surface area contributed by atoms with E-state index < -0.39 is 0 Å². The van der Waals surface area contributed by atoms with Crippen molar-refractivity contribution in [3.63, 3.8) is 0 Å². The number of quaternary nitrogens is 1. The van der Waals surface area contributed by atoms with E-state index in [9.17, 15) is 5.26 Å². The Morgan fingerprint density at radius 2 is 2.17 bits per heavy atom. The van der Waals surface area contributed by atoms with Gasteiger partial charge in [-0.05, 0) is 13.0 Å². The lowest BCUT2D eigenvalue weighted by Crippen LogP contribution is -2.40. The monoisotopic (exact) mass is 177 g/mol. The summed E-state index contributed by atoms with van der Waals surface area (Å²) in [7, 11) is 3.93. The fraction of sp³-hybridized carbons (Fsp3) is 0.875. The second-order valence-electron chi connectivity index (χ2n) is 3.21. The van der Waals surface area contributed by atoms with Crippen molar-refractivity contribution in [1.29, 1.82) is 0 Å². The van der Waals surface area contributed by atoms with Crippen LogP contribution in [0, 0.1) is 6.61 Å². The lowest BCUT2D eigenvalue weighted by atomic mass is 10.4. The lowest BCUT2D eigenvalue weighted by molar-refractivity contribution is -1.08. The molecule has 0 saturated carbocycles. The Labute approximate surface area is 74.2 Å². The molecule has 0 aromatic carbocycles. The second-order valence-corrected chi connectivity index (χ2v) is 3.21. The maximum atomic E-state index is 9.75. The van der Waals surface area contributed by atoms with Gasteiger partial charge in [0.05, 0.1) is 20.6 Å². The molecule has 74 valence electrons. The van der Waals surface area contributed by atoms with Crippen molar-refractivity contribution in [1.82, 2.24) is 0 Å². The zero-order chi connectivity index (χ0) is 9.45. The largest absolute Gasteiger partial charge is 0.588 e. The maximum absolute atomic E-state index is 9.75. The number of hydrogen-bond acceptors (Lipinski definition) is 2. The highest BCUT2D eigenvalue weighted by Crippen LogP contribution is 2.02. The Bertz CT molecular complexity index is 106. The van der Waals surface area contributed by atoms with E-state index in [0.717, 1.165) is 19.6 Å². The molecule has 0 aliphatic carbocycles. The minimum Gasteiger partial charge on any atom is -0.588 e. The van der Waals surface area contributed by atoms with E-state index in [-0.39, 0.29) is 0 Å². The van der Waals surface area contributed by atoms with E-state index in [2.05, 4.69) is 11.8 Å². The number of aliphatic hydroxyl groups is 1. The van der Waals surface area contributed by atoms with Crippen LogP contribution < -0.4 is 5.26 Å². The average Bonchev–Trinajstić information content (AvgIpc) is 2.01. The molecule has 0 aromatic rings. The molecule has 0 unspecified atom stereocenters. The van der Waals surface area contributed by atoms with Crippen molar-refractivity contribution in [3.8, 4) is 0 Å². The SMILES string of the molecule is CCCO[N+](C)(C)CC[CH-][OH+][O-]. The van der Waals surface area contributed by atoms with Crippen molar-refractivity contribution < 1.29 is 19.6 Å². The minimum absolute atomic E-state index is 0.486. The van der Waals surface area contributed by atoms with Gasteiger partial charge in [-0.3, -0.25) is 0 Å². The van der Waals surface area contributed by atoms with Crippen LogP contribution in [0.3, 0.4) is 0 Å². The van der Waals surface area contributed by atoms with Crippen LogP contribution in [0.15, 0.2) is 0 Å². The summed E-state index contributed by atoms with van der Waals surface area (Å²) < 4.78 is 0.486. The Hall–Kier alpha value is -0.160. The minimum atomic E-state index is 0.486. The normalized spacial score (nSPS) is 12.0. The van der Waals surface area contributed by atoms with Crippen LogP contribution in [0.25, 0.3) is 0 Å². The van der Waals surface area contributed by atoms with Crippen LogP contribution in [-0.2, 0) is 4.84 Å². The van der Waals surface area contributed by atoms with Crippen molar-refractivity contribution in [2.45, 2.75) is 19.8 Å². The van der Waals surface area contributed by atoms with Crippen LogP contribution in [-0.4, -0.2) is 36.8 Å². The van der Waals surface area contributed by atoms with E-state index in [1.807, 2.05) is 14.1 Å².